The molecule has 1 heterocycles. The van der Waals surface area contributed by atoms with Crippen molar-refractivity contribution < 1.29 is 14.7 Å². The van der Waals surface area contributed by atoms with Crippen molar-refractivity contribution in [3.8, 4) is 0 Å². The number of rotatable bonds is 4. The normalized spacial score (nSPS) is 27.4. The molecular weight excluding hydrogens is 292 g/mol. The van der Waals surface area contributed by atoms with Crippen molar-refractivity contribution in [1.82, 2.24) is 4.90 Å². The summed E-state index contributed by atoms with van der Waals surface area (Å²) in [5, 5.41) is 9.53. The molecule has 1 aliphatic heterocycles. The summed E-state index contributed by atoms with van der Waals surface area (Å²) in [7, 11) is 1.75. The van der Waals surface area contributed by atoms with Gasteiger partial charge in [0.25, 0.3) is 0 Å². The maximum Gasteiger partial charge on any atom is 0.320 e. The zero-order valence-electron chi connectivity index (χ0n) is 13.5. The Hall–Kier alpha value is -1.88. The van der Waals surface area contributed by atoms with Gasteiger partial charge in [-0.1, -0.05) is 31.0 Å². The van der Waals surface area contributed by atoms with Crippen LogP contribution >= 0.6 is 0 Å². The number of likely N-dealkylation sites (N-methyl/N-ethyl adjacent to an activating group) is 1. The molecule has 0 aromatic heterocycles. The van der Waals surface area contributed by atoms with Crippen molar-refractivity contribution in [2.45, 2.75) is 44.2 Å². The fourth-order valence-corrected chi connectivity index (χ4v) is 4.08. The van der Waals surface area contributed by atoms with Crippen LogP contribution in [0.25, 0.3) is 0 Å². The SMILES string of the molecule is CN(C(=O)CN1C(C(=O)O)CC2CCCCC21)c1ccccc1. The van der Waals surface area contributed by atoms with Crippen LogP contribution in [0.5, 0.6) is 0 Å². The summed E-state index contributed by atoms with van der Waals surface area (Å²) >= 11 is 0. The first-order valence-electron chi connectivity index (χ1n) is 8.38. The Kier molecular flexibility index (Phi) is 4.66. The average molecular weight is 316 g/mol. The lowest BCUT2D eigenvalue weighted by Crippen LogP contribution is -2.48. The summed E-state index contributed by atoms with van der Waals surface area (Å²) in [4.78, 5) is 27.8. The number of benzene rings is 1. The molecule has 3 unspecified atom stereocenters. The Bertz CT molecular complexity index is 575. The number of carboxylic acid groups (broad SMARTS) is 1. The van der Waals surface area contributed by atoms with Gasteiger partial charge in [-0.25, -0.2) is 0 Å². The van der Waals surface area contributed by atoms with Crippen LogP contribution in [0, 0.1) is 5.92 Å². The van der Waals surface area contributed by atoms with E-state index in [0.717, 1.165) is 24.9 Å². The van der Waals surface area contributed by atoms with Gasteiger partial charge >= 0.3 is 5.97 Å². The molecule has 1 N–H and O–H groups in total. The monoisotopic (exact) mass is 316 g/mol. The Labute approximate surface area is 136 Å². The second-order valence-electron chi connectivity index (χ2n) is 6.66. The second kappa shape index (κ2) is 6.71. The fraction of sp³-hybridized carbons (Fsp3) is 0.556. The molecular formula is C18H24N2O3. The number of likely N-dealkylation sites (tertiary alicyclic amines) is 1. The molecule has 0 bridgehead atoms. The number of carbonyl (C=O) groups excluding carboxylic acids is 1. The van der Waals surface area contributed by atoms with Crippen LogP contribution in [0.2, 0.25) is 0 Å². The quantitative estimate of drug-likeness (QED) is 0.926. The van der Waals surface area contributed by atoms with Crippen LogP contribution < -0.4 is 4.90 Å². The van der Waals surface area contributed by atoms with Gasteiger partial charge in [0.15, 0.2) is 0 Å². The lowest BCUT2D eigenvalue weighted by Gasteiger charge is -2.33. The highest BCUT2D eigenvalue weighted by atomic mass is 16.4. The summed E-state index contributed by atoms with van der Waals surface area (Å²) in [6, 6.07) is 9.21. The van der Waals surface area contributed by atoms with Crippen LogP contribution in [0.15, 0.2) is 30.3 Å². The summed E-state index contributed by atoms with van der Waals surface area (Å²) < 4.78 is 0. The van der Waals surface area contributed by atoms with Crippen LogP contribution in [0.3, 0.4) is 0 Å². The van der Waals surface area contributed by atoms with Crippen molar-refractivity contribution >= 4 is 17.6 Å². The van der Waals surface area contributed by atoms with E-state index in [1.165, 1.54) is 6.42 Å². The van der Waals surface area contributed by atoms with E-state index in [4.69, 9.17) is 0 Å². The summed E-state index contributed by atoms with van der Waals surface area (Å²) in [6.07, 6.45) is 5.10. The van der Waals surface area contributed by atoms with Crippen molar-refractivity contribution in [3.05, 3.63) is 30.3 Å². The molecule has 0 radical (unpaired) electrons. The number of carboxylic acids is 1. The number of anilines is 1. The number of amides is 1. The molecule has 1 saturated heterocycles. The molecule has 0 spiro atoms. The number of para-hydroxylation sites is 1. The van der Waals surface area contributed by atoms with Crippen molar-refractivity contribution in [2.24, 2.45) is 5.92 Å². The first-order valence-corrected chi connectivity index (χ1v) is 8.38. The van der Waals surface area contributed by atoms with Gasteiger partial charge in [0, 0.05) is 18.8 Å². The van der Waals surface area contributed by atoms with Crippen LogP contribution in [0.1, 0.15) is 32.1 Å². The lowest BCUT2D eigenvalue weighted by molar-refractivity contribution is -0.143. The van der Waals surface area contributed by atoms with E-state index in [2.05, 4.69) is 0 Å². The molecule has 1 aromatic rings. The Morgan fingerprint density at radius 1 is 1.22 bits per heavy atom. The van der Waals surface area contributed by atoms with Gasteiger partial charge in [-0.05, 0) is 37.3 Å². The average Bonchev–Trinajstić information content (AvgIpc) is 2.94. The molecule has 5 nitrogen and oxygen atoms in total. The molecule has 23 heavy (non-hydrogen) atoms. The van der Waals surface area contributed by atoms with E-state index in [0.29, 0.717) is 12.3 Å². The third kappa shape index (κ3) is 3.24. The number of hydrogen-bond acceptors (Lipinski definition) is 3. The van der Waals surface area contributed by atoms with Gasteiger partial charge in [0.05, 0.1) is 6.54 Å². The highest BCUT2D eigenvalue weighted by Crippen LogP contribution is 2.39. The number of carbonyl (C=O) groups is 2. The van der Waals surface area contributed by atoms with Gasteiger partial charge < -0.3 is 10.0 Å². The molecule has 1 amide bonds. The molecule has 5 heteroatoms. The van der Waals surface area contributed by atoms with Gasteiger partial charge in [-0.15, -0.1) is 0 Å². The highest BCUT2D eigenvalue weighted by molar-refractivity contribution is 5.94. The van der Waals surface area contributed by atoms with Crippen LogP contribution in [-0.4, -0.2) is 47.6 Å². The molecule has 1 saturated carbocycles. The highest BCUT2D eigenvalue weighted by Gasteiger charge is 2.45. The summed E-state index contributed by atoms with van der Waals surface area (Å²) in [6.45, 7) is 0.184. The maximum absolute atomic E-state index is 12.6. The number of aliphatic carboxylic acids is 1. The van der Waals surface area contributed by atoms with Crippen LogP contribution in [-0.2, 0) is 9.59 Å². The van der Waals surface area contributed by atoms with Gasteiger partial charge in [0.2, 0.25) is 5.91 Å². The van der Waals surface area contributed by atoms with Crippen molar-refractivity contribution in [1.29, 1.82) is 0 Å². The van der Waals surface area contributed by atoms with Gasteiger partial charge in [-0.3, -0.25) is 14.5 Å². The van der Waals surface area contributed by atoms with E-state index < -0.39 is 12.0 Å². The zero-order valence-corrected chi connectivity index (χ0v) is 13.5. The minimum absolute atomic E-state index is 0.0475. The van der Waals surface area contributed by atoms with E-state index in [1.54, 1.807) is 11.9 Å². The minimum Gasteiger partial charge on any atom is -0.480 e. The second-order valence-corrected chi connectivity index (χ2v) is 6.66. The molecule has 1 aromatic carbocycles. The Morgan fingerprint density at radius 2 is 1.91 bits per heavy atom. The van der Waals surface area contributed by atoms with Crippen LogP contribution in [0.4, 0.5) is 5.69 Å². The fourth-order valence-electron chi connectivity index (χ4n) is 4.08. The van der Waals surface area contributed by atoms with E-state index in [9.17, 15) is 14.7 Å². The number of nitrogens with zero attached hydrogens (tertiary/aromatic N) is 2. The molecule has 3 atom stereocenters. The Morgan fingerprint density at radius 3 is 2.61 bits per heavy atom. The summed E-state index contributed by atoms with van der Waals surface area (Å²) in [5.41, 5.74) is 0.837. The largest absolute Gasteiger partial charge is 0.480 e. The van der Waals surface area contributed by atoms with Crippen molar-refractivity contribution in [2.75, 3.05) is 18.5 Å². The topological polar surface area (TPSA) is 60.9 Å². The van der Waals surface area contributed by atoms with Gasteiger partial charge in [-0.2, -0.15) is 0 Å². The maximum atomic E-state index is 12.6. The molecule has 124 valence electrons. The third-order valence-electron chi connectivity index (χ3n) is 5.34. The molecule has 2 aliphatic rings. The first-order chi connectivity index (χ1) is 11.1. The van der Waals surface area contributed by atoms with Crippen molar-refractivity contribution in [3.63, 3.8) is 0 Å². The molecule has 3 rings (SSSR count). The predicted octanol–water partition coefficient (Wildman–Crippen LogP) is 2.37. The molecule has 1 aliphatic carbocycles. The standard InChI is InChI=1S/C18H24N2O3/c1-19(14-8-3-2-4-9-14)17(21)12-20-15-10-6-5-7-13(15)11-16(20)18(22)23/h2-4,8-9,13,15-16H,5-7,10-12H2,1H3,(H,22,23). The summed E-state index contributed by atoms with van der Waals surface area (Å²) in [5.74, 6) is -0.414. The van der Waals surface area contributed by atoms with E-state index >= 15 is 0 Å². The smallest absolute Gasteiger partial charge is 0.320 e. The first kappa shape index (κ1) is 16.0. The predicted molar refractivity (Wildman–Crippen MR) is 88.3 cm³/mol. The lowest BCUT2D eigenvalue weighted by atomic mass is 9.85. The zero-order chi connectivity index (χ0) is 16.4. The number of hydrogen-bond donors (Lipinski definition) is 1. The van der Waals surface area contributed by atoms with E-state index in [1.807, 2.05) is 35.2 Å². The third-order valence-corrected chi connectivity index (χ3v) is 5.34. The molecule has 2 fully saturated rings. The van der Waals surface area contributed by atoms with Gasteiger partial charge in [0.1, 0.15) is 6.04 Å². The minimum atomic E-state index is -0.797. The number of fused-ring (bicyclic) bond motifs is 1. The van der Waals surface area contributed by atoms with E-state index in [-0.39, 0.29) is 18.5 Å². The Balaban J connectivity index is 1.73.